The molecule has 0 atom stereocenters. The minimum absolute atomic E-state index is 0.767. The Morgan fingerprint density at radius 2 is 2.11 bits per heavy atom. The monoisotopic (exact) mass is 246 g/mol. The van der Waals surface area contributed by atoms with Crippen molar-refractivity contribution in [1.82, 2.24) is 20.3 Å². The van der Waals surface area contributed by atoms with Gasteiger partial charge in [-0.05, 0) is 32.1 Å². The quantitative estimate of drug-likeness (QED) is 0.558. The summed E-state index contributed by atoms with van der Waals surface area (Å²) in [6.07, 6.45) is 4.46. The highest BCUT2D eigenvalue weighted by atomic mass is 15.1. The first kappa shape index (κ1) is 12.4. The van der Waals surface area contributed by atoms with Gasteiger partial charge in [-0.2, -0.15) is 0 Å². The highest BCUT2D eigenvalue weighted by Crippen LogP contribution is 2.13. The predicted molar refractivity (Wildman–Crippen MR) is 73.1 cm³/mol. The van der Waals surface area contributed by atoms with Crippen LogP contribution >= 0.6 is 0 Å². The number of nitrogens with zero attached hydrogens (tertiary/aromatic N) is 2. The van der Waals surface area contributed by atoms with E-state index in [1.807, 2.05) is 31.4 Å². The summed E-state index contributed by atoms with van der Waals surface area (Å²) in [4.78, 5) is 11.4. The van der Waals surface area contributed by atoms with Gasteiger partial charge in [-0.25, -0.2) is 9.97 Å². The maximum Gasteiger partial charge on any atom is 0.136 e. The lowest BCUT2D eigenvalue weighted by Crippen LogP contribution is -2.13. The SMILES string of the molecule is CNCCCNc1cc(Nc2ccc[nH]2)ncn1. The van der Waals surface area contributed by atoms with Crippen molar-refractivity contribution in [2.45, 2.75) is 6.42 Å². The number of H-pyrrole nitrogens is 1. The van der Waals surface area contributed by atoms with E-state index in [4.69, 9.17) is 0 Å². The van der Waals surface area contributed by atoms with Gasteiger partial charge < -0.3 is 20.9 Å². The third kappa shape index (κ3) is 3.74. The second kappa shape index (κ2) is 6.61. The Morgan fingerprint density at radius 3 is 2.89 bits per heavy atom. The topological polar surface area (TPSA) is 77.7 Å². The molecule has 2 aromatic rings. The van der Waals surface area contributed by atoms with E-state index in [0.29, 0.717) is 0 Å². The van der Waals surface area contributed by atoms with Crippen LogP contribution in [0.3, 0.4) is 0 Å². The molecule has 0 aliphatic heterocycles. The van der Waals surface area contributed by atoms with Gasteiger partial charge in [-0.15, -0.1) is 0 Å². The molecule has 96 valence electrons. The Labute approximate surface area is 106 Å². The molecule has 0 fully saturated rings. The number of hydrogen-bond acceptors (Lipinski definition) is 5. The zero-order chi connectivity index (χ0) is 12.6. The van der Waals surface area contributed by atoms with Crippen molar-refractivity contribution in [1.29, 1.82) is 0 Å². The third-order valence-corrected chi connectivity index (χ3v) is 2.44. The molecule has 0 bridgehead atoms. The highest BCUT2D eigenvalue weighted by Gasteiger charge is 1.99. The molecule has 6 nitrogen and oxygen atoms in total. The van der Waals surface area contributed by atoms with Gasteiger partial charge in [0, 0.05) is 18.8 Å². The van der Waals surface area contributed by atoms with Crippen LogP contribution in [-0.2, 0) is 0 Å². The summed E-state index contributed by atoms with van der Waals surface area (Å²) in [6.45, 7) is 1.88. The summed E-state index contributed by atoms with van der Waals surface area (Å²) < 4.78 is 0. The summed E-state index contributed by atoms with van der Waals surface area (Å²) in [7, 11) is 1.95. The zero-order valence-electron chi connectivity index (χ0n) is 10.4. The Hall–Kier alpha value is -2.08. The first-order chi connectivity index (χ1) is 8.88. The van der Waals surface area contributed by atoms with Crippen LogP contribution in [0, 0.1) is 0 Å². The van der Waals surface area contributed by atoms with Crippen LogP contribution < -0.4 is 16.0 Å². The number of rotatable bonds is 7. The highest BCUT2D eigenvalue weighted by molar-refractivity contribution is 5.55. The van der Waals surface area contributed by atoms with E-state index in [0.717, 1.165) is 37.0 Å². The predicted octanol–water partition coefficient (Wildman–Crippen LogP) is 1.57. The molecule has 0 unspecified atom stereocenters. The normalized spacial score (nSPS) is 10.3. The number of aromatic amines is 1. The summed E-state index contributed by atoms with van der Waals surface area (Å²) in [5, 5.41) is 9.53. The van der Waals surface area contributed by atoms with Crippen molar-refractivity contribution in [3.05, 3.63) is 30.7 Å². The Morgan fingerprint density at radius 1 is 1.22 bits per heavy atom. The lowest BCUT2D eigenvalue weighted by Gasteiger charge is -2.07. The molecule has 2 rings (SSSR count). The minimum atomic E-state index is 0.767. The maximum absolute atomic E-state index is 4.17. The first-order valence-electron chi connectivity index (χ1n) is 5.99. The fraction of sp³-hybridized carbons (Fsp3) is 0.333. The third-order valence-electron chi connectivity index (χ3n) is 2.44. The Kier molecular flexibility index (Phi) is 4.54. The fourth-order valence-corrected chi connectivity index (χ4v) is 1.55. The van der Waals surface area contributed by atoms with E-state index in [2.05, 4.69) is 30.9 Å². The summed E-state index contributed by atoms with van der Waals surface area (Å²) >= 11 is 0. The molecule has 0 saturated heterocycles. The summed E-state index contributed by atoms with van der Waals surface area (Å²) in [5.41, 5.74) is 0. The molecular formula is C12H18N6. The maximum atomic E-state index is 4.17. The van der Waals surface area contributed by atoms with E-state index >= 15 is 0 Å². The van der Waals surface area contributed by atoms with E-state index in [1.54, 1.807) is 6.33 Å². The lowest BCUT2D eigenvalue weighted by atomic mass is 10.4. The van der Waals surface area contributed by atoms with Gasteiger partial charge in [0.25, 0.3) is 0 Å². The molecule has 0 spiro atoms. The fourth-order valence-electron chi connectivity index (χ4n) is 1.55. The Bertz CT molecular complexity index is 453. The first-order valence-corrected chi connectivity index (χ1v) is 5.99. The van der Waals surface area contributed by atoms with Crippen LogP contribution in [0.4, 0.5) is 17.5 Å². The molecule has 0 aliphatic rings. The van der Waals surface area contributed by atoms with Gasteiger partial charge in [0.05, 0.1) is 0 Å². The van der Waals surface area contributed by atoms with Gasteiger partial charge in [0.2, 0.25) is 0 Å². The Balaban J connectivity index is 1.88. The molecule has 2 aromatic heterocycles. The molecule has 0 amide bonds. The average Bonchev–Trinajstić information content (AvgIpc) is 2.88. The van der Waals surface area contributed by atoms with Crippen LogP contribution in [0.1, 0.15) is 6.42 Å². The van der Waals surface area contributed by atoms with E-state index in [-0.39, 0.29) is 0 Å². The van der Waals surface area contributed by atoms with Crippen molar-refractivity contribution in [3.63, 3.8) is 0 Å². The largest absolute Gasteiger partial charge is 0.370 e. The van der Waals surface area contributed by atoms with Crippen molar-refractivity contribution in [3.8, 4) is 0 Å². The molecule has 6 heteroatoms. The van der Waals surface area contributed by atoms with E-state index in [1.165, 1.54) is 0 Å². The van der Waals surface area contributed by atoms with Gasteiger partial charge in [0.1, 0.15) is 23.8 Å². The number of aromatic nitrogens is 3. The summed E-state index contributed by atoms with van der Waals surface area (Å²) in [5.74, 6) is 2.51. The van der Waals surface area contributed by atoms with Crippen LogP contribution in [0.15, 0.2) is 30.7 Å². The van der Waals surface area contributed by atoms with Gasteiger partial charge in [-0.1, -0.05) is 0 Å². The van der Waals surface area contributed by atoms with Crippen molar-refractivity contribution < 1.29 is 0 Å². The second-order valence-corrected chi connectivity index (χ2v) is 3.88. The van der Waals surface area contributed by atoms with Crippen molar-refractivity contribution in [2.75, 3.05) is 30.8 Å². The molecule has 0 saturated carbocycles. The summed E-state index contributed by atoms with van der Waals surface area (Å²) in [6, 6.07) is 5.77. The lowest BCUT2D eigenvalue weighted by molar-refractivity contribution is 0.746. The minimum Gasteiger partial charge on any atom is -0.370 e. The molecule has 2 heterocycles. The molecule has 4 N–H and O–H groups in total. The van der Waals surface area contributed by atoms with Crippen LogP contribution in [0.2, 0.25) is 0 Å². The van der Waals surface area contributed by atoms with Gasteiger partial charge in [-0.3, -0.25) is 0 Å². The zero-order valence-corrected chi connectivity index (χ0v) is 10.4. The van der Waals surface area contributed by atoms with Crippen LogP contribution in [-0.4, -0.2) is 35.1 Å². The molecule has 0 aliphatic carbocycles. The molecular weight excluding hydrogens is 228 g/mol. The van der Waals surface area contributed by atoms with Crippen LogP contribution in [0.5, 0.6) is 0 Å². The number of hydrogen-bond donors (Lipinski definition) is 4. The van der Waals surface area contributed by atoms with Gasteiger partial charge in [0.15, 0.2) is 0 Å². The van der Waals surface area contributed by atoms with E-state index in [9.17, 15) is 0 Å². The van der Waals surface area contributed by atoms with Crippen molar-refractivity contribution >= 4 is 17.5 Å². The van der Waals surface area contributed by atoms with Crippen LogP contribution in [0.25, 0.3) is 0 Å². The molecule has 0 aromatic carbocycles. The average molecular weight is 246 g/mol. The van der Waals surface area contributed by atoms with E-state index < -0.39 is 0 Å². The second-order valence-electron chi connectivity index (χ2n) is 3.88. The molecule has 0 radical (unpaired) electrons. The smallest absolute Gasteiger partial charge is 0.136 e. The number of anilines is 3. The van der Waals surface area contributed by atoms with Gasteiger partial charge >= 0.3 is 0 Å². The number of nitrogens with one attached hydrogen (secondary N) is 4. The molecule has 18 heavy (non-hydrogen) atoms. The van der Waals surface area contributed by atoms with Crippen molar-refractivity contribution in [2.24, 2.45) is 0 Å². The standard InChI is InChI=1S/C12H18N6/c1-13-5-3-7-15-11-8-12(17-9-16-11)18-10-4-2-6-14-10/h2,4,6,8-9,13-14H,3,5,7H2,1H3,(H2,15,16,17,18).